The summed E-state index contributed by atoms with van der Waals surface area (Å²) in [7, 11) is 0. The van der Waals surface area contributed by atoms with Crippen LogP contribution in [0.25, 0.3) is 0 Å². The van der Waals surface area contributed by atoms with E-state index in [0.29, 0.717) is 26.2 Å². The Morgan fingerprint density at radius 2 is 2.00 bits per heavy atom. The predicted octanol–water partition coefficient (Wildman–Crippen LogP) is 1.55. The second-order valence-corrected chi connectivity index (χ2v) is 4.76. The van der Waals surface area contributed by atoms with Gasteiger partial charge in [0, 0.05) is 37.4 Å². The number of hydrogen-bond donors (Lipinski definition) is 2. The van der Waals surface area contributed by atoms with Gasteiger partial charge >= 0.3 is 12.2 Å². The van der Waals surface area contributed by atoms with Crippen LogP contribution >= 0.6 is 0 Å². The van der Waals surface area contributed by atoms with Gasteiger partial charge in [0.05, 0.1) is 5.69 Å². The van der Waals surface area contributed by atoms with Crippen molar-refractivity contribution in [3.8, 4) is 0 Å². The molecule has 3 rings (SSSR count). The van der Waals surface area contributed by atoms with Crippen molar-refractivity contribution in [2.24, 2.45) is 0 Å². The molecule has 0 aromatic heterocycles. The van der Waals surface area contributed by atoms with Crippen molar-refractivity contribution in [1.29, 1.82) is 0 Å². The zero-order valence-electron chi connectivity index (χ0n) is 10.8. The molecule has 106 valence electrons. The van der Waals surface area contributed by atoms with E-state index in [-0.39, 0.29) is 6.61 Å². The Balaban J connectivity index is 1.80. The Labute approximate surface area is 115 Å². The van der Waals surface area contributed by atoms with Crippen molar-refractivity contribution in [3.63, 3.8) is 0 Å². The average Bonchev–Trinajstić information content (AvgIpc) is 2.46. The first-order chi connectivity index (χ1) is 9.65. The van der Waals surface area contributed by atoms with Crippen molar-refractivity contribution in [2.75, 3.05) is 36.4 Å². The molecule has 2 aliphatic rings. The maximum Gasteiger partial charge on any atom is 0.411 e. The van der Waals surface area contributed by atoms with Crippen LogP contribution in [0.5, 0.6) is 0 Å². The number of ether oxygens (including phenoxy) is 1. The van der Waals surface area contributed by atoms with Crippen LogP contribution in [0.4, 0.5) is 21.0 Å². The fourth-order valence-corrected chi connectivity index (χ4v) is 2.56. The summed E-state index contributed by atoms with van der Waals surface area (Å²) in [5.41, 5.74) is 2.70. The second kappa shape index (κ2) is 4.92. The summed E-state index contributed by atoms with van der Waals surface area (Å²) in [4.78, 5) is 25.6. The van der Waals surface area contributed by atoms with Crippen molar-refractivity contribution >= 4 is 23.6 Å². The zero-order chi connectivity index (χ0) is 14.1. The molecule has 0 bridgehead atoms. The van der Waals surface area contributed by atoms with E-state index in [2.05, 4.69) is 10.2 Å². The first-order valence-electron chi connectivity index (χ1n) is 6.43. The van der Waals surface area contributed by atoms with Crippen molar-refractivity contribution in [1.82, 2.24) is 4.90 Å². The number of carboxylic acid groups (broad SMARTS) is 1. The molecule has 0 atom stereocenters. The SMILES string of the molecule is O=C1Nc2cccc(N3CCN(C(=O)O)CC3)c2CO1. The highest BCUT2D eigenvalue weighted by molar-refractivity contribution is 5.89. The van der Waals surface area contributed by atoms with Crippen LogP contribution < -0.4 is 10.2 Å². The number of cyclic esters (lactones) is 1. The number of hydrogen-bond acceptors (Lipinski definition) is 4. The first-order valence-corrected chi connectivity index (χ1v) is 6.43. The fourth-order valence-electron chi connectivity index (χ4n) is 2.56. The van der Waals surface area contributed by atoms with Crippen LogP contribution in [0.1, 0.15) is 5.56 Å². The summed E-state index contributed by atoms with van der Waals surface area (Å²) in [6.45, 7) is 2.47. The van der Waals surface area contributed by atoms with Gasteiger partial charge in [-0.25, -0.2) is 9.59 Å². The molecule has 2 aliphatic heterocycles. The molecule has 1 saturated heterocycles. The third kappa shape index (κ3) is 2.22. The normalized spacial score (nSPS) is 18.1. The van der Waals surface area contributed by atoms with Gasteiger partial charge in [0.1, 0.15) is 6.61 Å². The Kier molecular flexibility index (Phi) is 3.09. The Morgan fingerprint density at radius 3 is 2.70 bits per heavy atom. The van der Waals surface area contributed by atoms with E-state index in [9.17, 15) is 9.59 Å². The summed E-state index contributed by atoms with van der Waals surface area (Å²) in [6, 6.07) is 5.69. The fraction of sp³-hybridized carbons (Fsp3) is 0.385. The molecule has 0 aliphatic carbocycles. The lowest BCUT2D eigenvalue weighted by molar-refractivity contribution is 0.141. The standard InChI is InChI=1S/C13H15N3O4/c17-12-14-10-2-1-3-11(9(10)8-20-12)15-4-6-16(7-5-15)13(18)19/h1-3H,4-8H2,(H,14,17)(H,18,19). The highest BCUT2D eigenvalue weighted by atomic mass is 16.5. The quantitative estimate of drug-likeness (QED) is 0.813. The molecule has 1 aromatic carbocycles. The number of benzene rings is 1. The summed E-state index contributed by atoms with van der Waals surface area (Å²) in [5.74, 6) is 0. The van der Waals surface area contributed by atoms with Crippen LogP contribution in [-0.2, 0) is 11.3 Å². The summed E-state index contributed by atoms with van der Waals surface area (Å²) >= 11 is 0. The van der Waals surface area contributed by atoms with Crippen molar-refractivity contribution in [2.45, 2.75) is 6.61 Å². The number of rotatable bonds is 1. The molecule has 0 unspecified atom stereocenters. The number of nitrogens with zero attached hydrogens (tertiary/aromatic N) is 2. The monoisotopic (exact) mass is 277 g/mol. The van der Waals surface area contributed by atoms with Crippen LogP contribution in [0.3, 0.4) is 0 Å². The molecule has 1 fully saturated rings. The van der Waals surface area contributed by atoms with Gasteiger partial charge in [-0.1, -0.05) is 6.07 Å². The molecule has 0 saturated carbocycles. The summed E-state index contributed by atoms with van der Waals surface area (Å²) in [5, 5.41) is 11.6. The van der Waals surface area contributed by atoms with Crippen molar-refractivity contribution < 1.29 is 19.4 Å². The highest BCUT2D eigenvalue weighted by Crippen LogP contribution is 2.31. The van der Waals surface area contributed by atoms with Gasteiger partial charge in [-0.2, -0.15) is 0 Å². The van der Waals surface area contributed by atoms with Gasteiger partial charge in [-0.05, 0) is 12.1 Å². The molecule has 7 heteroatoms. The molecule has 7 nitrogen and oxygen atoms in total. The minimum atomic E-state index is -0.879. The van der Waals surface area contributed by atoms with Gasteiger partial charge in [0.25, 0.3) is 0 Å². The molecule has 2 amide bonds. The number of nitrogens with one attached hydrogen (secondary N) is 1. The lowest BCUT2D eigenvalue weighted by Crippen LogP contribution is -2.48. The number of carbonyl (C=O) groups is 2. The third-order valence-corrected chi connectivity index (χ3v) is 3.63. The van der Waals surface area contributed by atoms with E-state index in [1.54, 1.807) is 0 Å². The summed E-state index contributed by atoms with van der Waals surface area (Å²) in [6.07, 6.45) is -1.32. The average molecular weight is 277 g/mol. The molecule has 1 aromatic rings. The Morgan fingerprint density at radius 1 is 1.25 bits per heavy atom. The zero-order valence-corrected chi connectivity index (χ0v) is 10.8. The van der Waals surface area contributed by atoms with Crippen LogP contribution in [0, 0.1) is 0 Å². The topological polar surface area (TPSA) is 82.1 Å². The van der Waals surface area contributed by atoms with E-state index >= 15 is 0 Å². The Hall–Kier alpha value is -2.44. The van der Waals surface area contributed by atoms with E-state index in [1.165, 1.54) is 4.90 Å². The lowest BCUT2D eigenvalue weighted by atomic mass is 10.1. The molecule has 0 radical (unpaired) electrons. The third-order valence-electron chi connectivity index (χ3n) is 3.63. The minimum Gasteiger partial charge on any atom is -0.465 e. The Bertz CT molecular complexity index is 553. The molecule has 2 N–H and O–H groups in total. The van der Waals surface area contributed by atoms with Gasteiger partial charge in [0.2, 0.25) is 0 Å². The molecular weight excluding hydrogens is 262 g/mol. The van der Waals surface area contributed by atoms with Crippen LogP contribution in [0.2, 0.25) is 0 Å². The first kappa shape index (κ1) is 12.6. The lowest BCUT2D eigenvalue weighted by Gasteiger charge is -2.36. The van der Waals surface area contributed by atoms with Gasteiger partial charge in [-0.15, -0.1) is 0 Å². The number of fused-ring (bicyclic) bond motifs is 1. The number of carbonyl (C=O) groups excluding carboxylic acids is 1. The maximum absolute atomic E-state index is 11.2. The van der Waals surface area contributed by atoms with E-state index in [4.69, 9.17) is 9.84 Å². The van der Waals surface area contributed by atoms with E-state index in [0.717, 1.165) is 16.9 Å². The number of anilines is 2. The van der Waals surface area contributed by atoms with Crippen molar-refractivity contribution in [3.05, 3.63) is 23.8 Å². The largest absolute Gasteiger partial charge is 0.465 e. The van der Waals surface area contributed by atoms with Crippen LogP contribution in [-0.4, -0.2) is 48.4 Å². The van der Waals surface area contributed by atoms with Gasteiger partial charge in [0.15, 0.2) is 0 Å². The van der Waals surface area contributed by atoms with Gasteiger partial charge < -0.3 is 19.6 Å². The molecule has 0 spiro atoms. The number of piperazine rings is 1. The maximum atomic E-state index is 11.2. The smallest absolute Gasteiger partial charge is 0.411 e. The highest BCUT2D eigenvalue weighted by Gasteiger charge is 2.25. The molecule has 2 heterocycles. The molecule has 20 heavy (non-hydrogen) atoms. The van der Waals surface area contributed by atoms with E-state index < -0.39 is 12.2 Å². The van der Waals surface area contributed by atoms with Gasteiger partial charge in [-0.3, -0.25) is 5.32 Å². The minimum absolute atomic E-state index is 0.247. The summed E-state index contributed by atoms with van der Waals surface area (Å²) < 4.78 is 5.01. The number of amides is 2. The van der Waals surface area contributed by atoms with E-state index in [1.807, 2.05) is 18.2 Å². The van der Waals surface area contributed by atoms with Crippen LogP contribution in [0.15, 0.2) is 18.2 Å². The molecular formula is C13H15N3O4. The predicted molar refractivity (Wildman–Crippen MR) is 72.1 cm³/mol. The second-order valence-electron chi connectivity index (χ2n) is 4.76.